The van der Waals surface area contributed by atoms with Crippen molar-refractivity contribution in [1.29, 1.82) is 0 Å². The summed E-state index contributed by atoms with van der Waals surface area (Å²) in [6, 6.07) is 16.5. The van der Waals surface area contributed by atoms with Gasteiger partial charge in [0.05, 0.1) is 0 Å². The molecule has 0 amide bonds. The minimum atomic E-state index is 0.325. The van der Waals surface area contributed by atoms with Crippen molar-refractivity contribution >= 4 is 17.3 Å². The van der Waals surface area contributed by atoms with Gasteiger partial charge in [-0.2, -0.15) is 0 Å². The summed E-state index contributed by atoms with van der Waals surface area (Å²) in [5, 5.41) is 13.6. The van der Waals surface area contributed by atoms with Crippen LogP contribution in [0.1, 0.15) is 24.0 Å². The van der Waals surface area contributed by atoms with Gasteiger partial charge in [-0.1, -0.05) is 41.9 Å². The van der Waals surface area contributed by atoms with Gasteiger partial charge in [-0.25, -0.2) is 0 Å². The quantitative estimate of drug-likeness (QED) is 0.826. The molecule has 128 valence electrons. The standard InChI is InChI=1S/C20H25ClN2O/c21-19-6-3-4-17(12-19)13-22-20-7-2-1-5-18(20)14-23-10-8-16(15-24)9-11-23/h1-7,12,16,22,24H,8-11,13-15H2. The summed E-state index contributed by atoms with van der Waals surface area (Å²) < 4.78 is 0. The lowest BCUT2D eigenvalue weighted by molar-refractivity contribution is 0.127. The van der Waals surface area contributed by atoms with Crippen molar-refractivity contribution in [3.8, 4) is 0 Å². The van der Waals surface area contributed by atoms with E-state index >= 15 is 0 Å². The summed E-state index contributed by atoms with van der Waals surface area (Å²) in [7, 11) is 0. The number of anilines is 1. The Hall–Kier alpha value is -1.55. The van der Waals surface area contributed by atoms with Crippen molar-refractivity contribution in [2.24, 2.45) is 5.92 Å². The molecule has 1 fully saturated rings. The zero-order valence-electron chi connectivity index (χ0n) is 13.9. The summed E-state index contributed by atoms with van der Waals surface area (Å²) in [4.78, 5) is 2.48. The van der Waals surface area contributed by atoms with Crippen molar-refractivity contribution in [2.75, 3.05) is 25.0 Å². The number of benzene rings is 2. The van der Waals surface area contributed by atoms with Crippen LogP contribution in [0.3, 0.4) is 0 Å². The first-order valence-electron chi connectivity index (χ1n) is 8.64. The van der Waals surface area contributed by atoms with Crippen LogP contribution < -0.4 is 5.32 Å². The summed E-state index contributed by atoms with van der Waals surface area (Å²) in [5.41, 5.74) is 3.68. The van der Waals surface area contributed by atoms with Gasteiger partial charge in [-0.3, -0.25) is 4.90 Å². The second kappa shape index (κ2) is 8.52. The predicted octanol–water partition coefficient (Wildman–Crippen LogP) is 4.16. The molecule has 0 unspecified atom stereocenters. The summed E-state index contributed by atoms with van der Waals surface area (Å²) in [6.45, 7) is 4.17. The first kappa shape index (κ1) is 17.3. The number of hydrogen-bond acceptors (Lipinski definition) is 3. The van der Waals surface area contributed by atoms with Crippen molar-refractivity contribution in [1.82, 2.24) is 4.90 Å². The number of halogens is 1. The van der Waals surface area contributed by atoms with Gasteiger partial charge < -0.3 is 10.4 Å². The molecule has 0 atom stereocenters. The maximum Gasteiger partial charge on any atom is 0.0460 e. The van der Waals surface area contributed by atoms with Crippen LogP contribution in [0, 0.1) is 5.92 Å². The van der Waals surface area contributed by atoms with Crippen LogP contribution >= 0.6 is 11.6 Å². The minimum absolute atomic E-state index is 0.325. The zero-order chi connectivity index (χ0) is 16.8. The molecule has 0 spiro atoms. The molecule has 0 aromatic heterocycles. The fraction of sp³-hybridized carbons (Fsp3) is 0.400. The average Bonchev–Trinajstić information content (AvgIpc) is 2.62. The monoisotopic (exact) mass is 344 g/mol. The fourth-order valence-corrected chi connectivity index (χ4v) is 3.46. The maximum atomic E-state index is 9.27. The molecule has 1 aliphatic heterocycles. The minimum Gasteiger partial charge on any atom is -0.396 e. The van der Waals surface area contributed by atoms with Crippen LogP contribution in [0.5, 0.6) is 0 Å². The molecule has 3 nitrogen and oxygen atoms in total. The van der Waals surface area contributed by atoms with Crippen molar-refractivity contribution in [2.45, 2.75) is 25.9 Å². The number of para-hydroxylation sites is 1. The normalized spacial score (nSPS) is 16.2. The fourth-order valence-electron chi connectivity index (χ4n) is 3.24. The molecule has 2 aromatic rings. The molecule has 2 aromatic carbocycles. The molecule has 24 heavy (non-hydrogen) atoms. The molecule has 1 heterocycles. The van der Waals surface area contributed by atoms with E-state index in [0.29, 0.717) is 12.5 Å². The topological polar surface area (TPSA) is 35.5 Å². The molecule has 2 N–H and O–H groups in total. The van der Waals surface area contributed by atoms with Gasteiger partial charge in [0.2, 0.25) is 0 Å². The van der Waals surface area contributed by atoms with E-state index in [1.54, 1.807) is 0 Å². The number of nitrogens with one attached hydrogen (secondary N) is 1. The second-order valence-electron chi connectivity index (χ2n) is 6.54. The van der Waals surface area contributed by atoms with E-state index in [4.69, 9.17) is 11.6 Å². The van der Waals surface area contributed by atoms with E-state index in [0.717, 1.165) is 44.0 Å². The van der Waals surface area contributed by atoms with Gasteiger partial charge in [0.15, 0.2) is 0 Å². The van der Waals surface area contributed by atoms with Gasteiger partial charge in [0, 0.05) is 30.4 Å². The highest BCUT2D eigenvalue weighted by Crippen LogP contribution is 2.23. The van der Waals surface area contributed by atoms with Crippen LogP contribution in [0.15, 0.2) is 48.5 Å². The molecule has 1 saturated heterocycles. The number of piperidine rings is 1. The van der Waals surface area contributed by atoms with Crippen LogP contribution in [-0.4, -0.2) is 29.7 Å². The average molecular weight is 345 g/mol. The Morgan fingerprint density at radius 3 is 2.62 bits per heavy atom. The summed E-state index contributed by atoms with van der Waals surface area (Å²) in [6.07, 6.45) is 2.18. The Bertz CT molecular complexity index is 654. The number of hydrogen-bond donors (Lipinski definition) is 2. The lowest BCUT2D eigenvalue weighted by atomic mass is 9.97. The second-order valence-corrected chi connectivity index (χ2v) is 6.98. The first-order valence-corrected chi connectivity index (χ1v) is 9.02. The Kier molecular flexibility index (Phi) is 6.13. The molecular formula is C20H25ClN2O. The van der Waals surface area contributed by atoms with E-state index in [1.165, 1.54) is 16.8 Å². The maximum absolute atomic E-state index is 9.27. The van der Waals surface area contributed by atoms with Crippen LogP contribution in [0.25, 0.3) is 0 Å². The van der Waals surface area contributed by atoms with Crippen molar-refractivity contribution < 1.29 is 5.11 Å². The molecule has 4 heteroatoms. The highest BCUT2D eigenvalue weighted by molar-refractivity contribution is 6.30. The predicted molar refractivity (Wildman–Crippen MR) is 100 cm³/mol. The molecule has 3 rings (SSSR count). The van der Waals surface area contributed by atoms with Gasteiger partial charge >= 0.3 is 0 Å². The van der Waals surface area contributed by atoms with Crippen LogP contribution in [-0.2, 0) is 13.1 Å². The number of aliphatic hydroxyl groups excluding tert-OH is 1. The molecular weight excluding hydrogens is 320 g/mol. The molecule has 0 bridgehead atoms. The molecule has 0 saturated carbocycles. The van der Waals surface area contributed by atoms with Crippen molar-refractivity contribution in [3.05, 3.63) is 64.7 Å². The number of aliphatic hydroxyl groups is 1. The Labute approximate surface area is 149 Å². The third kappa shape index (κ3) is 4.73. The Morgan fingerprint density at radius 1 is 1.08 bits per heavy atom. The Balaban J connectivity index is 1.61. The smallest absolute Gasteiger partial charge is 0.0460 e. The lowest BCUT2D eigenvalue weighted by Gasteiger charge is -2.31. The highest BCUT2D eigenvalue weighted by atomic mass is 35.5. The number of rotatable bonds is 6. The lowest BCUT2D eigenvalue weighted by Crippen LogP contribution is -2.34. The van der Waals surface area contributed by atoms with E-state index in [1.807, 2.05) is 18.2 Å². The van der Waals surface area contributed by atoms with Gasteiger partial charge in [-0.15, -0.1) is 0 Å². The van der Waals surface area contributed by atoms with E-state index in [-0.39, 0.29) is 0 Å². The molecule has 1 aliphatic rings. The zero-order valence-corrected chi connectivity index (χ0v) is 14.7. The van der Waals surface area contributed by atoms with Gasteiger partial charge in [0.1, 0.15) is 0 Å². The third-order valence-electron chi connectivity index (χ3n) is 4.75. The first-order chi connectivity index (χ1) is 11.7. The van der Waals surface area contributed by atoms with E-state index in [9.17, 15) is 5.11 Å². The Morgan fingerprint density at radius 2 is 1.88 bits per heavy atom. The van der Waals surface area contributed by atoms with Crippen molar-refractivity contribution in [3.63, 3.8) is 0 Å². The van der Waals surface area contributed by atoms with Gasteiger partial charge in [-0.05, 0) is 61.2 Å². The third-order valence-corrected chi connectivity index (χ3v) is 4.98. The van der Waals surface area contributed by atoms with Crippen LogP contribution in [0.2, 0.25) is 5.02 Å². The largest absolute Gasteiger partial charge is 0.396 e. The number of nitrogens with zero attached hydrogens (tertiary/aromatic N) is 1. The molecule has 0 aliphatic carbocycles. The SMILES string of the molecule is OCC1CCN(Cc2ccccc2NCc2cccc(Cl)c2)CC1. The number of likely N-dealkylation sites (tertiary alicyclic amines) is 1. The van der Waals surface area contributed by atoms with E-state index < -0.39 is 0 Å². The highest BCUT2D eigenvalue weighted by Gasteiger charge is 2.19. The summed E-state index contributed by atoms with van der Waals surface area (Å²) >= 11 is 6.06. The van der Waals surface area contributed by atoms with Crippen LogP contribution in [0.4, 0.5) is 5.69 Å². The van der Waals surface area contributed by atoms with E-state index in [2.05, 4.69) is 40.5 Å². The summed E-state index contributed by atoms with van der Waals surface area (Å²) in [5.74, 6) is 0.484. The van der Waals surface area contributed by atoms with Gasteiger partial charge in [0.25, 0.3) is 0 Å². The molecule has 0 radical (unpaired) electrons.